The molecule has 2 aromatic rings. The molecule has 6 nitrogen and oxygen atoms in total. The second-order valence-corrected chi connectivity index (χ2v) is 6.54. The predicted octanol–water partition coefficient (Wildman–Crippen LogP) is 1.47. The molecule has 2 rings (SSSR count). The molecule has 0 bridgehead atoms. The summed E-state index contributed by atoms with van der Waals surface area (Å²) in [5.41, 5.74) is 1.19. The molecule has 0 atom stereocenters. The molecule has 0 amide bonds. The fraction of sp³-hybridized carbons (Fsp3) is 0.286. The molecule has 1 N–H and O–H groups in total. The largest absolute Gasteiger partial charge is 0.480 e. The maximum absolute atomic E-state index is 12.3. The lowest BCUT2D eigenvalue weighted by atomic mass is 10.1. The first-order valence-electron chi connectivity index (χ1n) is 6.46. The molecule has 0 fully saturated rings. The van der Waals surface area contributed by atoms with Crippen LogP contribution < -0.4 is 0 Å². The number of hydrogen-bond acceptors (Lipinski definition) is 4. The van der Waals surface area contributed by atoms with Crippen molar-refractivity contribution >= 4 is 26.9 Å². The zero-order valence-corrected chi connectivity index (χ0v) is 12.4. The van der Waals surface area contributed by atoms with Gasteiger partial charge in [0.05, 0.1) is 11.3 Å². The van der Waals surface area contributed by atoms with E-state index in [9.17, 15) is 13.2 Å². The maximum Gasteiger partial charge on any atom is 0.318 e. The van der Waals surface area contributed by atoms with Gasteiger partial charge >= 0.3 is 5.97 Å². The number of aromatic nitrogens is 1. The summed E-state index contributed by atoms with van der Waals surface area (Å²) in [4.78, 5) is 15.0. The number of sulfonamides is 1. The van der Waals surface area contributed by atoms with Gasteiger partial charge in [-0.25, -0.2) is 8.42 Å². The van der Waals surface area contributed by atoms with Crippen molar-refractivity contribution in [3.8, 4) is 0 Å². The van der Waals surface area contributed by atoms with Crippen LogP contribution in [0.1, 0.15) is 12.5 Å². The number of pyridine rings is 1. The molecule has 0 aliphatic carbocycles. The first-order valence-corrected chi connectivity index (χ1v) is 8.07. The molecular formula is C14H16N2O4S. The van der Waals surface area contributed by atoms with E-state index in [2.05, 4.69) is 4.98 Å². The van der Waals surface area contributed by atoms with Crippen LogP contribution in [0.4, 0.5) is 0 Å². The third-order valence-corrected chi connectivity index (χ3v) is 4.96. The van der Waals surface area contributed by atoms with E-state index in [4.69, 9.17) is 5.11 Å². The van der Waals surface area contributed by atoms with Crippen LogP contribution >= 0.6 is 0 Å². The van der Waals surface area contributed by atoms with Crippen molar-refractivity contribution in [3.63, 3.8) is 0 Å². The second kappa shape index (κ2) is 6.19. The minimum absolute atomic E-state index is 0.118. The van der Waals surface area contributed by atoms with Crippen LogP contribution in [0, 0.1) is 0 Å². The summed E-state index contributed by atoms with van der Waals surface area (Å²) >= 11 is 0. The molecule has 0 aliphatic heterocycles. The summed E-state index contributed by atoms with van der Waals surface area (Å²) in [6.45, 7) is 1.20. The summed E-state index contributed by atoms with van der Waals surface area (Å²) in [5, 5.41) is 9.65. The highest BCUT2D eigenvalue weighted by atomic mass is 32.2. The third kappa shape index (κ3) is 3.56. The minimum Gasteiger partial charge on any atom is -0.480 e. The van der Waals surface area contributed by atoms with E-state index in [1.807, 2.05) is 12.1 Å². The Hall–Kier alpha value is -1.99. The summed E-state index contributed by atoms with van der Waals surface area (Å²) in [7, 11) is -3.70. The van der Waals surface area contributed by atoms with Crippen molar-refractivity contribution < 1.29 is 18.3 Å². The average molecular weight is 308 g/mol. The summed E-state index contributed by atoms with van der Waals surface area (Å²) in [6.07, 6.45) is 1.60. The Kier molecular flexibility index (Phi) is 4.54. The Morgan fingerprint density at radius 3 is 2.67 bits per heavy atom. The molecule has 112 valence electrons. The van der Waals surface area contributed by atoms with Crippen molar-refractivity contribution in [2.75, 3.05) is 13.1 Å². The standard InChI is InChI=1S/C14H16N2O4S/c1-2-16(9-13(17)18)21(19,20)10-12-6-3-5-11-7-4-8-15-14(11)12/h3-8H,2,9-10H2,1H3,(H,17,18). The van der Waals surface area contributed by atoms with Crippen molar-refractivity contribution in [1.29, 1.82) is 0 Å². The van der Waals surface area contributed by atoms with E-state index >= 15 is 0 Å². The molecule has 0 aliphatic rings. The highest BCUT2D eigenvalue weighted by Gasteiger charge is 2.24. The van der Waals surface area contributed by atoms with Crippen LogP contribution in [0.15, 0.2) is 36.5 Å². The second-order valence-electron chi connectivity index (χ2n) is 4.57. The van der Waals surface area contributed by atoms with E-state index in [1.54, 1.807) is 31.3 Å². The fourth-order valence-electron chi connectivity index (χ4n) is 2.13. The molecular weight excluding hydrogens is 292 g/mol. The van der Waals surface area contributed by atoms with Gasteiger partial charge in [-0.3, -0.25) is 9.78 Å². The van der Waals surface area contributed by atoms with Crippen molar-refractivity contribution in [2.24, 2.45) is 0 Å². The number of nitrogens with zero attached hydrogens (tertiary/aromatic N) is 2. The van der Waals surface area contributed by atoms with Crippen molar-refractivity contribution in [1.82, 2.24) is 9.29 Å². The number of benzene rings is 1. The van der Waals surface area contributed by atoms with Crippen molar-refractivity contribution in [3.05, 3.63) is 42.1 Å². The number of para-hydroxylation sites is 1. The quantitative estimate of drug-likeness (QED) is 0.873. The molecule has 21 heavy (non-hydrogen) atoms. The van der Waals surface area contributed by atoms with Gasteiger partial charge in [-0.2, -0.15) is 4.31 Å². The molecule has 1 aromatic carbocycles. The number of likely N-dealkylation sites (N-methyl/N-ethyl adjacent to an activating group) is 1. The van der Waals surface area contributed by atoms with Crippen LogP contribution in [0.5, 0.6) is 0 Å². The maximum atomic E-state index is 12.3. The number of rotatable bonds is 6. The Labute approximate surface area is 123 Å². The Morgan fingerprint density at radius 1 is 1.29 bits per heavy atom. The fourth-order valence-corrected chi connectivity index (χ4v) is 3.64. The van der Waals surface area contributed by atoms with Gasteiger partial charge in [-0.15, -0.1) is 0 Å². The molecule has 0 radical (unpaired) electrons. The molecule has 1 heterocycles. The topological polar surface area (TPSA) is 87.6 Å². The highest BCUT2D eigenvalue weighted by molar-refractivity contribution is 7.88. The van der Waals surface area contributed by atoms with Gasteiger partial charge in [0.1, 0.15) is 6.54 Å². The number of carboxylic acid groups (broad SMARTS) is 1. The van der Waals surface area contributed by atoms with E-state index in [0.29, 0.717) is 11.1 Å². The summed E-state index contributed by atoms with van der Waals surface area (Å²) in [6, 6.07) is 8.95. The Morgan fingerprint density at radius 2 is 2.00 bits per heavy atom. The average Bonchev–Trinajstić information content (AvgIpc) is 2.44. The third-order valence-electron chi connectivity index (χ3n) is 3.11. The molecule has 0 saturated carbocycles. The first-order chi connectivity index (χ1) is 9.94. The smallest absolute Gasteiger partial charge is 0.318 e. The number of carboxylic acids is 1. The van der Waals surface area contributed by atoms with Gasteiger partial charge in [0.15, 0.2) is 0 Å². The van der Waals surface area contributed by atoms with E-state index < -0.39 is 22.5 Å². The Bertz CT molecular complexity index is 753. The zero-order chi connectivity index (χ0) is 15.5. The number of fused-ring (bicyclic) bond motifs is 1. The van der Waals surface area contributed by atoms with Gasteiger partial charge in [0, 0.05) is 18.1 Å². The lowest BCUT2D eigenvalue weighted by Gasteiger charge is -2.18. The van der Waals surface area contributed by atoms with Crippen molar-refractivity contribution in [2.45, 2.75) is 12.7 Å². The zero-order valence-electron chi connectivity index (χ0n) is 11.6. The SMILES string of the molecule is CCN(CC(=O)O)S(=O)(=O)Cc1cccc2cccnc12. The molecule has 0 saturated heterocycles. The van der Waals surface area contributed by atoms with Crippen LogP contribution in [-0.4, -0.2) is 41.9 Å². The van der Waals surface area contributed by atoms with Gasteiger partial charge in [0.2, 0.25) is 10.0 Å². The monoisotopic (exact) mass is 308 g/mol. The molecule has 7 heteroatoms. The first kappa shape index (κ1) is 15.4. The summed E-state index contributed by atoms with van der Waals surface area (Å²) in [5.74, 6) is -1.43. The lowest BCUT2D eigenvalue weighted by Crippen LogP contribution is -2.36. The predicted molar refractivity (Wildman–Crippen MR) is 79.2 cm³/mol. The van der Waals surface area contributed by atoms with Gasteiger partial charge in [0.25, 0.3) is 0 Å². The molecule has 1 aromatic heterocycles. The number of carbonyl (C=O) groups is 1. The lowest BCUT2D eigenvalue weighted by molar-refractivity contribution is -0.137. The van der Waals surface area contributed by atoms with Gasteiger partial charge < -0.3 is 5.11 Å². The van der Waals surface area contributed by atoms with Gasteiger partial charge in [-0.05, 0) is 11.6 Å². The van der Waals surface area contributed by atoms with E-state index in [0.717, 1.165) is 9.69 Å². The minimum atomic E-state index is -3.70. The van der Waals surface area contributed by atoms with Gasteiger partial charge in [-0.1, -0.05) is 31.2 Å². The van der Waals surface area contributed by atoms with Crippen LogP contribution in [0.2, 0.25) is 0 Å². The molecule has 0 spiro atoms. The normalized spacial score (nSPS) is 11.9. The highest BCUT2D eigenvalue weighted by Crippen LogP contribution is 2.19. The van der Waals surface area contributed by atoms with E-state index in [-0.39, 0.29) is 12.3 Å². The van der Waals surface area contributed by atoms with Crippen LogP contribution in [-0.2, 0) is 20.6 Å². The number of hydrogen-bond donors (Lipinski definition) is 1. The molecule has 0 unspecified atom stereocenters. The summed E-state index contributed by atoms with van der Waals surface area (Å²) < 4.78 is 25.6. The van der Waals surface area contributed by atoms with Crippen LogP contribution in [0.3, 0.4) is 0 Å². The number of aliphatic carboxylic acids is 1. The Balaban J connectivity index is 2.36. The van der Waals surface area contributed by atoms with Crippen LogP contribution in [0.25, 0.3) is 10.9 Å². The van der Waals surface area contributed by atoms with E-state index in [1.165, 1.54) is 0 Å².